The van der Waals surface area contributed by atoms with Crippen molar-refractivity contribution in [3.8, 4) is 0 Å². The molecule has 0 aliphatic heterocycles. The number of halogens is 1. The van der Waals surface area contributed by atoms with Crippen LogP contribution in [0.25, 0.3) is 0 Å². The van der Waals surface area contributed by atoms with Crippen LogP contribution >= 0.6 is 0 Å². The van der Waals surface area contributed by atoms with E-state index in [4.69, 9.17) is 21.9 Å². The number of ether oxygens (including phenoxy) is 1. The molecule has 21 heavy (non-hydrogen) atoms. The van der Waals surface area contributed by atoms with Crippen LogP contribution in [0.3, 0.4) is 0 Å². The van der Waals surface area contributed by atoms with E-state index in [0.717, 1.165) is 6.07 Å². The van der Waals surface area contributed by atoms with Crippen molar-refractivity contribution in [2.75, 3.05) is 0 Å². The number of esters is 1. The molecule has 0 amide bonds. The number of benzene rings is 1. The zero-order valence-corrected chi connectivity index (χ0v) is 12.1. The Morgan fingerprint density at radius 2 is 1.86 bits per heavy atom. The van der Waals surface area contributed by atoms with E-state index < -0.39 is 17.4 Å². The predicted octanol–water partition coefficient (Wildman–Crippen LogP) is 1.00. The maximum atomic E-state index is 13.9. The Morgan fingerprint density at radius 3 is 2.33 bits per heavy atom. The number of guanidine groups is 2. The van der Waals surface area contributed by atoms with Crippen LogP contribution in [0.2, 0.25) is 0 Å². The highest BCUT2D eigenvalue weighted by molar-refractivity contribution is 5.94. The summed E-state index contributed by atoms with van der Waals surface area (Å²) >= 11 is 0. The minimum Gasteiger partial charge on any atom is -0.456 e. The van der Waals surface area contributed by atoms with Crippen molar-refractivity contribution in [3.05, 3.63) is 29.6 Å². The minimum absolute atomic E-state index is 0.169. The molecular weight excluding hydrogens is 277 g/mol. The number of carbonyl (C=O) groups is 1. The van der Waals surface area contributed by atoms with Crippen molar-refractivity contribution in [2.45, 2.75) is 26.4 Å². The second-order valence-electron chi connectivity index (χ2n) is 5.17. The van der Waals surface area contributed by atoms with E-state index in [2.05, 4.69) is 9.98 Å². The fourth-order valence-corrected chi connectivity index (χ4v) is 1.36. The number of nitrogens with two attached hydrogens (primary N) is 3. The quantitative estimate of drug-likeness (QED) is 0.426. The highest BCUT2D eigenvalue weighted by Gasteiger charge is 2.20. The summed E-state index contributed by atoms with van der Waals surface area (Å²) in [5.41, 5.74) is 15.0. The van der Waals surface area contributed by atoms with Crippen molar-refractivity contribution in [1.29, 1.82) is 0 Å². The second-order valence-corrected chi connectivity index (χ2v) is 5.17. The SMILES string of the molecule is CC(C)(C)OC(=O)c1ccc(N=C(N)N=C(N)N)cc1F. The summed E-state index contributed by atoms with van der Waals surface area (Å²) in [5, 5.41) is 0. The molecule has 0 saturated heterocycles. The number of nitrogens with zero attached hydrogens (tertiary/aromatic N) is 2. The van der Waals surface area contributed by atoms with Crippen LogP contribution in [0.4, 0.5) is 10.1 Å². The van der Waals surface area contributed by atoms with Crippen LogP contribution < -0.4 is 17.2 Å². The first-order valence-corrected chi connectivity index (χ1v) is 6.05. The monoisotopic (exact) mass is 295 g/mol. The van der Waals surface area contributed by atoms with Crippen molar-refractivity contribution in [3.63, 3.8) is 0 Å². The third-order valence-corrected chi connectivity index (χ3v) is 2.06. The van der Waals surface area contributed by atoms with E-state index in [1.807, 2.05) is 0 Å². The molecule has 0 aliphatic rings. The van der Waals surface area contributed by atoms with E-state index in [9.17, 15) is 9.18 Å². The topological polar surface area (TPSA) is 129 Å². The van der Waals surface area contributed by atoms with E-state index >= 15 is 0 Å². The van der Waals surface area contributed by atoms with Gasteiger partial charge in [0.25, 0.3) is 0 Å². The summed E-state index contributed by atoms with van der Waals surface area (Å²) in [6, 6.07) is 3.69. The summed E-state index contributed by atoms with van der Waals surface area (Å²) in [5.74, 6) is -2.02. The number of hydrogen-bond acceptors (Lipinski definition) is 3. The van der Waals surface area contributed by atoms with Crippen LogP contribution in [0.5, 0.6) is 0 Å². The molecule has 0 aliphatic carbocycles. The van der Waals surface area contributed by atoms with E-state index in [1.165, 1.54) is 12.1 Å². The van der Waals surface area contributed by atoms with E-state index in [1.54, 1.807) is 20.8 Å². The first kappa shape index (κ1) is 16.4. The van der Waals surface area contributed by atoms with Gasteiger partial charge in [-0.15, -0.1) is 0 Å². The lowest BCUT2D eigenvalue weighted by Crippen LogP contribution is -2.26. The third-order valence-electron chi connectivity index (χ3n) is 2.06. The van der Waals surface area contributed by atoms with Gasteiger partial charge in [0.05, 0.1) is 11.3 Å². The molecule has 0 bridgehead atoms. The minimum atomic E-state index is -0.775. The normalized spacial score (nSPS) is 11.9. The van der Waals surface area contributed by atoms with Gasteiger partial charge in [-0.3, -0.25) is 0 Å². The molecule has 0 aromatic heterocycles. The van der Waals surface area contributed by atoms with Gasteiger partial charge >= 0.3 is 5.97 Å². The van der Waals surface area contributed by atoms with Crippen LogP contribution in [0.15, 0.2) is 28.2 Å². The molecule has 7 nitrogen and oxygen atoms in total. The lowest BCUT2D eigenvalue weighted by Gasteiger charge is -2.19. The Hall–Kier alpha value is -2.64. The molecule has 6 N–H and O–H groups in total. The molecule has 1 rings (SSSR count). The molecule has 0 unspecified atom stereocenters. The molecule has 114 valence electrons. The number of hydrogen-bond donors (Lipinski definition) is 3. The van der Waals surface area contributed by atoms with Crippen molar-refractivity contribution in [2.24, 2.45) is 27.2 Å². The summed E-state index contributed by atoms with van der Waals surface area (Å²) in [6.45, 7) is 5.08. The smallest absolute Gasteiger partial charge is 0.341 e. The van der Waals surface area contributed by atoms with E-state index in [-0.39, 0.29) is 23.2 Å². The average Bonchev–Trinajstić information content (AvgIpc) is 2.24. The summed E-state index contributed by atoms with van der Waals surface area (Å²) in [7, 11) is 0. The standard InChI is InChI=1S/C13H18FN5O2/c1-13(2,3)21-10(20)8-5-4-7(6-9(8)14)18-12(17)19-11(15)16/h4-6H,1-3H3,(H6,15,16,17,18,19). The Labute approximate surface area is 121 Å². The fourth-order valence-electron chi connectivity index (χ4n) is 1.36. The zero-order valence-electron chi connectivity index (χ0n) is 12.1. The lowest BCUT2D eigenvalue weighted by atomic mass is 10.1. The molecule has 0 atom stereocenters. The summed E-state index contributed by atoms with van der Waals surface area (Å²) in [4.78, 5) is 19.1. The average molecular weight is 295 g/mol. The molecule has 0 saturated carbocycles. The Bertz CT molecular complexity index is 601. The molecule has 0 spiro atoms. The van der Waals surface area contributed by atoms with Crippen molar-refractivity contribution < 1.29 is 13.9 Å². The number of rotatable bonds is 2. The first-order chi connectivity index (χ1) is 9.58. The first-order valence-electron chi connectivity index (χ1n) is 6.05. The van der Waals surface area contributed by atoms with Gasteiger partial charge in [-0.25, -0.2) is 14.2 Å². The van der Waals surface area contributed by atoms with Crippen LogP contribution in [-0.2, 0) is 4.74 Å². The fraction of sp³-hybridized carbons (Fsp3) is 0.308. The molecule has 1 aromatic carbocycles. The Morgan fingerprint density at radius 1 is 1.24 bits per heavy atom. The van der Waals surface area contributed by atoms with Gasteiger partial charge in [0, 0.05) is 6.07 Å². The number of aliphatic imine (C=N–C) groups is 2. The van der Waals surface area contributed by atoms with Gasteiger partial charge in [0.15, 0.2) is 5.96 Å². The highest BCUT2D eigenvalue weighted by atomic mass is 19.1. The van der Waals surface area contributed by atoms with Crippen molar-refractivity contribution >= 4 is 23.6 Å². The largest absolute Gasteiger partial charge is 0.456 e. The van der Waals surface area contributed by atoms with Gasteiger partial charge in [-0.1, -0.05) is 0 Å². The van der Waals surface area contributed by atoms with Crippen molar-refractivity contribution in [1.82, 2.24) is 0 Å². The number of carbonyl (C=O) groups excluding carboxylic acids is 1. The second kappa shape index (κ2) is 6.21. The predicted molar refractivity (Wildman–Crippen MR) is 78.7 cm³/mol. The van der Waals surface area contributed by atoms with Gasteiger partial charge in [0.2, 0.25) is 5.96 Å². The molecule has 8 heteroatoms. The van der Waals surface area contributed by atoms with Gasteiger partial charge in [-0.2, -0.15) is 4.99 Å². The Kier molecular flexibility index (Phi) is 4.85. The Balaban J connectivity index is 3.01. The van der Waals surface area contributed by atoms with Crippen LogP contribution in [0, 0.1) is 5.82 Å². The van der Waals surface area contributed by atoms with Gasteiger partial charge in [-0.05, 0) is 32.9 Å². The van der Waals surface area contributed by atoms with Crippen LogP contribution in [0.1, 0.15) is 31.1 Å². The van der Waals surface area contributed by atoms with Gasteiger partial charge in [0.1, 0.15) is 11.4 Å². The molecule has 0 fully saturated rings. The molecule has 0 heterocycles. The third kappa shape index (κ3) is 5.47. The van der Waals surface area contributed by atoms with Gasteiger partial charge < -0.3 is 21.9 Å². The highest BCUT2D eigenvalue weighted by Crippen LogP contribution is 2.20. The summed E-state index contributed by atoms with van der Waals surface area (Å²) in [6.07, 6.45) is 0. The van der Waals surface area contributed by atoms with E-state index in [0.29, 0.717) is 0 Å². The zero-order chi connectivity index (χ0) is 16.2. The molecular formula is C13H18FN5O2. The maximum absolute atomic E-state index is 13.9. The maximum Gasteiger partial charge on any atom is 0.341 e. The van der Waals surface area contributed by atoms with Crippen LogP contribution in [-0.4, -0.2) is 23.5 Å². The molecule has 0 radical (unpaired) electrons. The summed E-state index contributed by atoms with van der Waals surface area (Å²) < 4.78 is 19.0. The lowest BCUT2D eigenvalue weighted by molar-refractivity contribution is 0.00648. The molecule has 1 aromatic rings.